The van der Waals surface area contributed by atoms with Crippen molar-refractivity contribution in [3.05, 3.63) is 111 Å². The lowest BCUT2D eigenvalue weighted by Crippen LogP contribution is -2.29. The minimum atomic E-state index is -4.52. The van der Waals surface area contributed by atoms with E-state index in [0.717, 1.165) is 41.8 Å². The third-order valence-corrected chi connectivity index (χ3v) is 6.19. The van der Waals surface area contributed by atoms with Crippen molar-refractivity contribution >= 4 is 0 Å². The van der Waals surface area contributed by atoms with Crippen LogP contribution in [0.2, 0.25) is 0 Å². The zero-order chi connectivity index (χ0) is 26.6. The number of nitrogens with zero attached hydrogens (tertiary/aromatic N) is 4. The number of hydrogen-bond donors (Lipinski definition) is 0. The van der Waals surface area contributed by atoms with Gasteiger partial charge in [0.1, 0.15) is 11.6 Å². The van der Waals surface area contributed by atoms with Crippen LogP contribution in [0.4, 0.5) is 13.2 Å². The molecule has 0 saturated heterocycles. The molecular weight excluding hydrogens is 477 g/mol. The van der Waals surface area contributed by atoms with E-state index >= 15 is 0 Å². The summed E-state index contributed by atoms with van der Waals surface area (Å²) in [5.41, 5.74) is 3.13. The van der Waals surface area contributed by atoms with Crippen molar-refractivity contribution in [2.45, 2.75) is 45.7 Å². The Bertz CT molecular complexity index is 1500. The standard InChI is InChI=1S/C29H25F3N4O/c1-3-4-9-26-25(16-20-10-12-21(13-11-20)24-8-6-5-7-22(24)17-33)28(37)36(19(2)35-26)27-15-14-23(18-34-27)29(30,31)32/h5-8,10-15,18H,3-4,9,16H2,1-2H3. The van der Waals surface area contributed by atoms with E-state index in [4.69, 9.17) is 0 Å². The quantitative estimate of drug-likeness (QED) is 0.292. The van der Waals surface area contributed by atoms with E-state index in [0.29, 0.717) is 35.5 Å². The second-order valence-electron chi connectivity index (χ2n) is 8.76. The molecule has 0 amide bonds. The van der Waals surface area contributed by atoms with E-state index in [9.17, 15) is 23.2 Å². The van der Waals surface area contributed by atoms with Crippen molar-refractivity contribution in [1.29, 1.82) is 5.26 Å². The Morgan fingerprint density at radius 3 is 2.38 bits per heavy atom. The zero-order valence-corrected chi connectivity index (χ0v) is 20.5. The maximum absolute atomic E-state index is 13.7. The van der Waals surface area contributed by atoms with Crippen LogP contribution in [0, 0.1) is 18.3 Å². The van der Waals surface area contributed by atoms with Crippen LogP contribution >= 0.6 is 0 Å². The molecule has 0 spiro atoms. The Morgan fingerprint density at radius 2 is 1.76 bits per heavy atom. The van der Waals surface area contributed by atoms with Gasteiger partial charge in [0, 0.05) is 18.2 Å². The monoisotopic (exact) mass is 502 g/mol. The minimum absolute atomic E-state index is 0.0924. The maximum Gasteiger partial charge on any atom is 0.417 e. The molecule has 0 saturated carbocycles. The molecule has 0 bridgehead atoms. The summed E-state index contributed by atoms with van der Waals surface area (Å²) in [6, 6.07) is 19.3. The SMILES string of the molecule is CCCCc1nc(C)n(-c2ccc(C(F)(F)F)cn2)c(=O)c1Cc1ccc(-c2ccccc2C#N)cc1. The largest absolute Gasteiger partial charge is 0.417 e. The summed E-state index contributed by atoms with van der Waals surface area (Å²) >= 11 is 0. The summed E-state index contributed by atoms with van der Waals surface area (Å²) in [5.74, 6) is 0.463. The van der Waals surface area contributed by atoms with Gasteiger partial charge in [0.05, 0.1) is 22.9 Å². The van der Waals surface area contributed by atoms with Crippen LogP contribution in [0.3, 0.4) is 0 Å². The lowest BCUT2D eigenvalue weighted by atomic mass is 9.97. The molecular formula is C29H25F3N4O. The molecule has 188 valence electrons. The molecule has 4 aromatic rings. The highest BCUT2D eigenvalue weighted by molar-refractivity contribution is 5.70. The van der Waals surface area contributed by atoms with E-state index in [1.54, 1.807) is 13.0 Å². The highest BCUT2D eigenvalue weighted by Crippen LogP contribution is 2.29. The van der Waals surface area contributed by atoms with Crippen LogP contribution in [0.25, 0.3) is 16.9 Å². The van der Waals surface area contributed by atoms with Crippen LogP contribution in [0.5, 0.6) is 0 Å². The van der Waals surface area contributed by atoms with Gasteiger partial charge in [-0.25, -0.2) is 14.5 Å². The molecule has 0 aliphatic heterocycles. The molecule has 8 heteroatoms. The fourth-order valence-corrected chi connectivity index (χ4v) is 4.24. The molecule has 0 aliphatic rings. The topological polar surface area (TPSA) is 71.6 Å². The molecule has 2 aromatic heterocycles. The number of rotatable bonds is 7. The third kappa shape index (κ3) is 5.61. The number of hydrogen-bond acceptors (Lipinski definition) is 4. The molecule has 2 aromatic carbocycles. The highest BCUT2D eigenvalue weighted by Gasteiger charge is 2.31. The zero-order valence-electron chi connectivity index (χ0n) is 20.5. The average molecular weight is 503 g/mol. The number of benzene rings is 2. The van der Waals surface area contributed by atoms with Gasteiger partial charge < -0.3 is 0 Å². The van der Waals surface area contributed by atoms with Crippen molar-refractivity contribution in [1.82, 2.24) is 14.5 Å². The Balaban J connectivity index is 1.73. The second kappa shape index (κ2) is 10.8. The van der Waals surface area contributed by atoms with Gasteiger partial charge in [-0.15, -0.1) is 0 Å². The lowest BCUT2D eigenvalue weighted by Gasteiger charge is -2.16. The fourth-order valence-electron chi connectivity index (χ4n) is 4.24. The number of nitriles is 1. The second-order valence-corrected chi connectivity index (χ2v) is 8.76. The first kappa shape index (κ1) is 25.8. The summed E-state index contributed by atoms with van der Waals surface area (Å²) in [4.78, 5) is 22.2. The Morgan fingerprint density at radius 1 is 1.03 bits per heavy atom. The molecule has 2 heterocycles. The van der Waals surface area contributed by atoms with Crippen LogP contribution in [0.1, 0.15) is 53.5 Å². The van der Waals surface area contributed by atoms with Crippen molar-refractivity contribution in [3.63, 3.8) is 0 Å². The average Bonchev–Trinajstić information content (AvgIpc) is 2.89. The summed E-state index contributed by atoms with van der Waals surface area (Å²) in [6.45, 7) is 3.71. The molecule has 0 fully saturated rings. The van der Waals surface area contributed by atoms with E-state index in [2.05, 4.69) is 23.0 Å². The number of pyridine rings is 1. The molecule has 0 atom stereocenters. The van der Waals surface area contributed by atoms with Gasteiger partial charge in [-0.05, 0) is 54.7 Å². The number of aryl methyl sites for hydroxylation is 2. The number of halogens is 3. The first-order valence-electron chi connectivity index (χ1n) is 12.0. The molecule has 4 rings (SSSR count). The van der Waals surface area contributed by atoms with E-state index in [1.807, 2.05) is 42.5 Å². The van der Waals surface area contributed by atoms with Crippen LogP contribution < -0.4 is 5.56 Å². The number of alkyl halides is 3. The van der Waals surface area contributed by atoms with Gasteiger partial charge in [-0.1, -0.05) is 55.8 Å². The molecule has 0 aliphatic carbocycles. The van der Waals surface area contributed by atoms with Gasteiger partial charge in [-0.3, -0.25) is 4.79 Å². The summed E-state index contributed by atoms with van der Waals surface area (Å²) in [6.07, 6.45) is -1.08. The van der Waals surface area contributed by atoms with Gasteiger partial charge >= 0.3 is 6.18 Å². The molecule has 37 heavy (non-hydrogen) atoms. The highest BCUT2D eigenvalue weighted by atomic mass is 19.4. The summed E-state index contributed by atoms with van der Waals surface area (Å²) in [5, 5.41) is 9.40. The first-order chi connectivity index (χ1) is 17.7. The van der Waals surface area contributed by atoms with Crippen molar-refractivity contribution < 1.29 is 13.2 Å². The first-order valence-corrected chi connectivity index (χ1v) is 12.0. The van der Waals surface area contributed by atoms with Crippen molar-refractivity contribution in [2.75, 3.05) is 0 Å². The Hall–Kier alpha value is -4.25. The fraction of sp³-hybridized carbons (Fsp3) is 0.241. The number of aromatic nitrogens is 3. The van der Waals surface area contributed by atoms with Crippen LogP contribution in [-0.4, -0.2) is 14.5 Å². The van der Waals surface area contributed by atoms with Crippen molar-refractivity contribution in [3.8, 4) is 23.0 Å². The van der Waals surface area contributed by atoms with Crippen LogP contribution in [-0.2, 0) is 19.0 Å². The lowest BCUT2D eigenvalue weighted by molar-refractivity contribution is -0.137. The minimum Gasteiger partial charge on any atom is -0.268 e. The van der Waals surface area contributed by atoms with Crippen molar-refractivity contribution in [2.24, 2.45) is 0 Å². The molecule has 0 unspecified atom stereocenters. The molecule has 0 N–H and O–H groups in total. The normalized spacial score (nSPS) is 11.4. The maximum atomic E-state index is 13.7. The summed E-state index contributed by atoms with van der Waals surface area (Å²) < 4.78 is 40.3. The Labute approximate surface area is 212 Å². The van der Waals surface area contributed by atoms with E-state index < -0.39 is 11.7 Å². The smallest absolute Gasteiger partial charge is 0.268 e. The predicted octanol–water partition coefficient (Wildman–Crippen LogP) is 6.43. The predicted molar refractivity (Wildman–Crippen MR) is 135 cm³/mol. The van der Waals surface area contributed by atoms with Crippen LogP contribution in [0.15, 0.2) is 71.7 Å². The van der Waals surface area contributed by atoms with Gasteiger partial charge in [0.25, 0.3) is 5.56 Å². The third-order valence-electron chi connectivity index (χ3n) is 6.19. The number of unbranched alkanes of at least 4 members (excludes halogenated alkanes) is 1. The van der Waals surface area contributed by atoms with Gasteiger partial charge in [0.2, 0.25) is 0 Å². The van der Waals surface area contributed by atoms with E-state index in [1.165, 1.54) is 10.6 Å². The van der Waals surface area contributed by atoms with E-state index in [-0.39, 0.29) is 11.4 Å². The van der Waals surface area contributed by atoms with Gasteiger partial charge in [-0.2, -0.15) is 18.4 Å². The molecule has 5 nitrogen and oxygen atoms in total. The molecule has 0 radical (unpaired) electrons. The Kier molecular flexibility index (Phi) is 7.53. The van der Waals surface area contributed by atoms with Gasteiger partial charge in [0.15, 0.2) is 0 Å². The summed E-state index contributed by atoms with van der Waals surface area (Å²) in [7, 11) is 0.